The Morgan fingerprint density at radius 3 is 2.70 bits per heavy atom. The van der Waals surface area contributed by atoms with Crippen LogP contribution in [0.25, 0.3) is 0 Å². The molecule has 0 aromatic heterocycles. The number of hydrogen-bond donors (Lipinski definition) is 2. The lowest BCUT2D eigenvalue weighted by atomic mass is 9.67. The first-order valence-corrected chi connectivity index (χ1v) is 8.58. The van der Waals surface area contributed by atoms with Crippen LogP contribution >= 0.6 is 0 Å². The molecule has 3 heteroatoms. The first kappa shape index (κ1) is 16.3. The number of aliphatic hydroxyl groups is 1. The smallest absolute Gasteiger partial charge is 0.0552 e. The Kier molecular flexibility index (Phi) is 5.49. The first-order valence-electron chi connectivity index (χ1n) is 8.58. The third kappa shape index (κ3) is 3.75. The lowest BCUT2D eigenvalue weighted by Gasteiger charge is -2.45. The second kappa shape index (κ2) is 6.76. The van der Waals surface area contributed by atoms with E-state index >= 15 is 0 Å². The summed E-state index contributed by atoms with van der Waals surface area (Å²) in [5, 5.41) is 13.5. The molecule has 4 atom stereocenters. The van der Waals surface area contributed by atoms with Crippen molar-refractivity contribution < 1.29 is 5.11 Å². The minimum atomic E-state index is -0.146. The van der Waals surface area contributed by atoms with E-state index in [9.17, 15) is 5.11 Å². The van der Waals surface area contributed by atoms with Gasteiger partial charge in [-0.05, 0) is 56.5 Å². The van der Waals surface area contributed by atoms with Gasteiger partial charge in [0.15, 0.2) is 0 Å². The van der Waals surface area contributed by atoms with E-state index in [0.717, 1.165) is 19.0 Å². The SMILES string of the molecule is CCNC1C(CN2CCC(C(C)O)C2)CCCC1(C)C. The summed E-state index contributed by atoms with van der Waals surface area (Å²) in [6.45, 7) is 13.6. The molecule has 2 rings (SSSR count). The van der Waals surface area contributed by atoms with Crippen LogP contribution in [0.2, 0.25) is 0 Å². The molecule has 1 heterocycles. The van der Waals surface area contributed by atoms with Crippen LogP contribution in [0.4, 0.5) is 0 Å². The molecule has 0 aromatic carbocycles. The number of hydrogen-bond acceptors (Lipinski definition) is 3. The second-order valence-electron chi connectivity index (χ2n) is 7.73. The van der Waals surface area contributed by atoms with Crippen LogP contribution in [-0.2, 0) is 0 Å². The van der Waals surface area contributed by atoms with Crippen LogP contribution in [0.1, 0.15) is 53.4 Å². The molecular weight excluding hydrogens is 248 g/mol. The monoisotopic (exact) mass is 282 g/mol. The Morgan fingerprint density at radius 2 is 2.10 bits per heavy atom. The zero-order valence-corrected chi connectivity index (χ0v) is 13.9. The van der Waals surface area contributed by atoms with E-state index in [1.165, 1.54) is 38.8 Å². The highest BCUT2D eigenvalue weighted by molar-refractivity contribution is 4.95. The molecule has 2 fully saturated rings. The Labute approximate surface area is 125 Å². The molecule has 2 aliphatic rings. The van der Waals surface area contributed by atoms with Crippen LogP contribution in [0.15, 0.2) is 0 Å². The topological polar surface area (TPSA) is 35.5 Å². The van der Waals surface area contributed by atoms with Gasteiger partial charge in [-0.25, -0.2) is 0 Å². The van der Waals surface area contributed by atoms with Crippen molar-refractivity contribution in [3.63, 3.8) is 0 Å². The summed E-state index contributed by atoms with van der Waals surface area (Å²) < 4.78 is 0. The second-order valence-corrected chi connectivity index (χ2v) is 7.73. The van der Waals surface area contributed by atoms with Crippen molar-refractivity contribution in [1.82, 2.24) is 10.2 Å². The minimum absolute atomic E-state index is 0.146. The van der Waals surface area contributed by atoms with Gasteiger partial charge in [0.05, 0.1) is 6.10 Å². The molecule has 0 spiro atoms. The molecule has 1 aliphatic heterocycles. The minimum Gasteiger partial charge on any atom is -0.393 e. The van der Waals surface area contributed by atoms with Crippen molar-refractivity contribution in [2.75, 3.05) is 26.2 Å². The summed E-state index contributed by atoms with van der Waals surface area (Å²) in [5.41, 5.74) is 0.419. The molecular formula is C17H34N2O. The van der Waals surface area contributed by atoms with Gasteiger partial charge in [-0.1, -0.05) is 27.2 Å². The highest BCUT2D eigenvalue weighted by atomic mass is 16.3. The average molecular weight is 282 g/mol. The summed E-state index contributed by atoms with van der Waals surface area (Å²) >= 11 is 0. The molecule has 3 nitrogen and oxygen atoms in total. The van der Waals surface area contributed by atoms with E-state index in [1.54, 1.807) is 0 Å². The number of rotatable bonds is 5. The molecule has 0 aromatic rings. The van der Waals surface area contributed by atoms with Gasteiger partial charge < -0.3 is 15.3 Å². The van der Waals surface area contributed by atoms with E-state index in [-0.39, 0.29) is 6.10 Å². The largest absolute Gasteiger partial charge is 0.393 e. The van der Waals surface area contributed by atoms with Gasteiger partial charge in [0, 0.05) is 19.1 Å². The van der Waals surface area contributed by atoms with Crippen molar-refractivity contribution in [2.24, 2.45) is 17.3 Å². The van der Waals surface area contributed by atoms with Crippen molar-refractivity contribution >= 4 is 0 Å². The van der Waals surface area contributed by atoms with Gasteiger partial charge >= 0.3 is 0 Å². The van der Waals surface area contributed by atoms with E-state index in [0.29, 0.717) is 17.4 Å². The van der Waals surface area contributed by atoms with Crippen molar-refractivity contribution in [3.05, 3.63) is 0 Å². The van der Waals surface area contributed by atoms with Crippen LogP contribution in [0.3, 0.4) is 0 Å². The average Bonchev–Trinajstić information content (AvgIpc) is 2.82. The van der Waals surface area contributed by atoms with E-state index < -0.39 is 0 Å². The maximum Gasteiger partial charge on any atom is 0.0552 e. The van der Waals surface area contributed by atoms with Gasteiger partial charge in [-0.2, -0.15) is 0 Å². The molecule has 0 bridgehead atoms. The fourth-order valence-electron chi connectivity index (χ4n) is 4.39. The predicted molar refractivity (Wildman–Crippen MR) is 84.8 cm³/mol. The number of nitrogens with one attached hydrogen (secondary N) is 1. The fraction of sp³-hybridized carbons (Fsp3) is 1.00. The van der Waals surface area contributed by atoms with Gasteiger partial charge in [-0.3, -0.25) is 0 Å². The van der Waals surface area contributed by atoms with Crippen molar-refractivity contribution in [3.8, 4) is 0 Å². The first-order chi connectivity index (χ1) is 9.44. The Morgan fingerprint density at radius 1 is 1.35 bits per heavy atom. The van der Waals surface area contributed by atoms with E-state index in [4.69, 9.17) is 0 Å². The zero-order valence-electron chi connectivity index (χ0n) is 13.9. The van der Waals surface area contributed by atoms with Crippen molar-refractivity contribution in [1.29, 1.82) is 0 Å². The van der Waals surface area contributed by atoms with Crippen molar-refractivity contribution in [2.45, 2.75) is 65.5 Å². The van der Waals surface area contributed by atoms with E-state index in [1.807, 2.05) is 6.92 Å². The molecule has 1 saturated carbocycles. The standard InChI is InChI=1S/C17H34N2O/c1-5-18-16-15(7-6-9-17(16,3)4)12-19-10-8-14(11-19)13(2)20/h13-16,18,20H,5-12H2,1-4H3. The molecule has 1 saturated heterocycles. The summed E-state index contributed by atoms with van der Waals surface area (Å²) in [4.78, 5) is 2.59. The van der Waals surface area contributed by atoms with Gasteiger partial charge in [0.1, 0.15) is 0 Å². The fourth-order valence-corrected chi connectivity index (χ4v) is 4.39. The van der Waals surface area contributed by atoms with Crippen LogP contribution in [-0.4, -0.2) is 48.3 Å². The quantitative estimate of drug-likeness (QED) is 0.813. The van der Waals surface area contributed by atoms with Crippen LogP contribution in [0.5, 0.6) is 0 Å². The highest BCUT2D eigenvalue weighted by Gasteiger charge is 2.39. The number of aliphatic hydroxyl groups excluding tert-OH is 1. The summed E-state index contributed by atoms with van der Waals surface area (Å²) in [5.74, 6) is 1.26. The van der Waals surface area contributed by atoms with Gasteiger partial charge in [0.2, 0.25) is 0 Å². The zero-order chi connectivity index (χ0) is 14.8. The lowest BCUT2D eigenvalue weighted by Crippen LogP contribution is -2.52. The Hall–Kier alpha value is -0.120. The number of nitrogens with zero attached hydrogens (tertiary/aromatic N) is 1. The third-order valence-electron chi connectivity index (χ3n) is 5.62. The maximum absolute atomic E-state index is 9.76. The molecule has 0 radical (unpaired) electrons. The van der Waals surface area contributed by atoms with Gasteiger partial charge in [-0.15, -0.1) is 0 Å². The molecule has 1 aliphatic carbocycles. The lowest BCUT2D eigenvalue weighted by molar-refractivity contribution is 0.0800. The summed E-state index contributed by atoms with van der Waals surface area (Å²) in [7, 11) is 0. The Balaban J connectivity index is 1.93. The number of likely N-dealkylation sites (tertiary alicyclic amines) is 1. The molecule has 20 heavy (non-hydrogen) atoms. The maximum atomic E-state index is 9.76. The molecule has 2 N–H and O–H groups in total. The molecule has 4 unspecified atom stereocenters. The predicted octanol–water partition coefficient (Wildman–Crippen LogP) is 2.49. The summed E-state index contributed by atoms with van der Waals surface area (Å²) in [6, 6.07) is 0.645. The third-order valence-corrected chi connectivity index (χ3v) is 5.62. The molecule has 0 amide bonds. The summed E-state index contributed by atoms with van der Waals surface area (Å²) in [6.07, 6.45) is 5.09. The Bertz CT molecular complexity index is 303. The normalized spacial score (nSPS) is 36.1. The van der Waals surface area contributed by atoms with Crippen LogP contribution in [0, 0.1) is 17.3 Å². The van der Waals surface area contributed by atoms with Gasteiger partial charge in [0.25, 0.3) is 0 Å². The van der Waals surface area contributed by atoms with Crippen LogP contribution < -0.4 is 5.32 Å². The highest BCUT2D eigenvalue weighted by Crippen LogP contribution is 2.39. The molecule has 118 valence electrons. The van der Waals surface area contributed by atoms with E-state index in [2.05, 4.69) is 31.0 Å².